The van der Waals surface area contributed by atoms with Crippen molar-refractivity contribution in [1.82, 2.24) is 24.3 Å². The smallest absolute Gasteiger partial charge is 0.409 e. The second-order valence-electron chi connectivity index (χ2n) is 9.12. The fraction of sp³-hybridized carbons (Fsp3) is 0.333. The predicted molar refractivity (Wildman–Crippen MR) is 136 cm³/mol. The molecule has 1 saturated heterocycles. The first-order valence-electron chi connectivity index (χ1n) is 12.4. The lowest BCUT2D eigenvalue weighted by molar-refractivity contribution is -0.0241. The summed E-state index contributed by atoms with van der Waals surface area (Å²) in [6.07, 6.45) is 2.46. The largest absolute Gasteiger partial charge is 0.461 e. The molecular formula is C27H27F2N5O5. The maximum Gasteiger partial charge on any atom is 0.409 e. The van der Waals surface area contributed by atoms with Crippen LogP contribution >= 0.6 is 0 Å². The Hall–Kier alpha value is -4.32. The van der Waals surface area contributed by atoms with Gasteiger partial charge in [-0.05, 0) is 43.7 Å². The monoisotopic (exact) mass is 539 g/mol. The highest BCUT2D eigenvalue weighted by molar-refractivity contribution is 5.87. The number of ether oxygens (including phenoxy) is 3. The Balaban J connectivity index is 1.53. The number of imidazole rings is 2. The van der Waals surface area contributed by atoms with E-state index in [0.717, 1.165) is 17.7 Å². The van der Waals surface area contributed by atoms with Crippen molar-refractivity contribution in [3.63, 3.8) is 0 Å². The third-order valence-electron chi connectivity index (χ3n) is 6.49. The van der Waals surface area contributed by atoms with E-state index in [0.29, 0.717) is 24.5 Å². The number of fused-ring (bicyclic) bond motifs is 1. The standard InChI is InChI=1S/C27H27F2N5O5/c1-4-38-26(35)20-13-30-25(31-20)16-10-18(28)23(19(29)11-16)24-21(34-6-5-15(2)9-22(34)32-24)12-17-14-33(7-8-39-17)27(36)37-3/h5-6,9-11,13,17H,4,7-8,12,14H2,1-3H3,(H,30,31)/t17-/m0/s1. The van der Waals surface area contributed by atoms with Gasteiger partial charge in [-0.1, -0.05) is 0 Å². The number of rotatable bonds is 6. The lowest BCUT2D eigenvalue weighted by Crippen LogP contribution is -2.46. The maximum atomic E-state index is 15.6. The molecule has 1 aliphatic heterocycles. The topological polar surface area (TPSA) is 111 Å². The zero-order chi connectivity index (χ0) is 27.7. The summed E-state index contributed by atoms with van der Waals surface area (Å²) in [6, 6.07) is 5.97. The molecule has 1 atom stereocenters. The predicted octanol–water partition coefficient (Wildman–Crippen LogP) is 4.16. The number of aryl methyl sites for hydroxylation is 1. The minimum Gasteiger partial charge on any atom is -0.461 e. The lowest BCUT2D eigenvalue weighted by atomic mass is 10.0. The van der Waals surface area contributed by atoms with E-state index in [1.807, 2.05) is 19.1 Å². The van der Waals surface area contributed by atoms with Crippen molar-refractivity contribution in [3.05, 3.63) is 65.2 Å². The molecule has 0 radical (unpaired) electrons. The van der Waals surface area contributed by atoms with E-state index in [-0.39, 0.29) is 47.9 Å². The van der Waals surface area contributed by atoms with Crippen molar-refractivity contribution in [2.24, 2.45) is 0 Å². The molecule has 4 aromatic rings. The fourth-order valence-corrected chi connectivity index (χ4v) is 4.66. The summed E-state index contributed by atoms with van der Waals surface area (Å²) < 4.78 is 48.7. The van der Waals surface area contributed by atoms with Gasteiger partial charge in [0.1, 0.15) is 23.1 Å². The molecule has 0 unspecified atom stereocenters. The molecule has 3 aromatic heterocycles. The van der Waals surface area contributed by atoms with Crippen molar-refractivity contribution in [2.45, 2.75) is 26.4 Å². The van der Waals surface area contributed by atoms with Crippen LogP contribution < -0.4 is 0 Å². The van der Waals surface area contributed by atoms with E-state index >= 15 is 8.78 Å². The SMILES string of the molecule is CCOC(=O)c1c[nH]c(-c2cc(F)c(-c3nc4cc(C)ccn4c3C[C@H]3CN(C(=O)OC)CCO3)c(F)c2)n1. The maximum absolute atomic E-state index is 15.6. The number of carbonyl (C=O) groups excluding carboxylic acids is 2. The van der Waals surface area contributed by atoms with Crippen molar-refractivity contribution in [1.29, 1.82) is 0 Å². The molecule has 39 heavy (non-hydrogen) atoms. The normalized spacial score (nSPS) is 15.5. The van der Waals surface area contributed by atoms with E-state index in [1.165, 1.54) is 18.2 Å². The number of benzene rings is 1. The summed E-state index contributed by atoms with van der Waals surface area (Å²) in [7, 11) is 1.31. The van der Waals surface area contributed by atoms with E-state index in [4.69, 9.17) is 14.2 Å². The summed E-state index contributed by atoms with van der Waals surface area (Å²) in [5, 5.41) is 0. The van der Waals surface area contributed by atoms with Crippen LogP contribution in [0.1, 0.15) is 28.7 Å². The van der Waals surface area contributed by atoms with Gasteiger partial charge in [-0.15, -0.1) is 0 Å². The van der Waals surface area contributed by atoms with Crippen LogP contribution in [-0.2, 0) is 20.6 Å². The highest BCUT2D eigenvalue weighted by Crippen LogP contribution is 2.34. The van der Waals surface area contributed by atoms with Crippen LogP contribution in [0.2, 0.25) is 0 Å². The fourth-order valence-electron chi connectivity index (χ4n) is 4.66. The van der Waals surface area contributed by atoms with Gasteiger partial charge >= 0.3 is 12.1 Å². The average Bonchev–Trinajstić information content (AvgIpc) is 3.54. The number of aromatic nitrogens is 4. The van der Waals surface area contributed by atoms with Gasteiger partial charge in [0.25, 0.3) is 0 Å². The molecule has 0 aliphatic carbocycles. The summed E-state index contributed by atoms with van der Waals surface area (Å²) in [4.78, 5) is 37.0. The number of aromatic amines is 1. The van der Waals surface area contributed by atoms with Gasteiger partial charge in [0.05, 0.1) is 49.9 Å². The molecule has 5 rings (SSSR count). The first kappa shape index (κ1) is 26.3. The molecule has 204 valence electrons. The minimum atomic E-state index is -0.846. The number of H-pyrrole nitrogens is 1. The Morgan fingerprint density at radius 2 is 1.97 bits per heavy atom. The zero-order valence-corrected chi connectivity index (χ0v) is 21.7. The van der Waals surface area contributed by atoms with Gasteiger partial charge < -0.3 is 28.5 Å². The molecule has 1 aliphatic rings. The Morgan fingerprint density at radius 1 is 1.21 bits per heavy atom. The molecule has 1 amide bonds. The Morgan fingerprint density at radius 3 is 2.69 bits per heavy atom. The van der Waals surface area contributed by atoms with Crippen molar-refractivity contribution < 1.29 is 32.6 Å². The molecule has 0 saturated carbocycles. The Kier molecular flexibility index (Phi) is 7.29. The number of nitrogens with one attached hydrogen (secondary N) is 1. The Bertz CT molecular complexity index is 1530. The van der Waals surface area contributed by atoms with E-state index in [2.05, 4.69) is 15.0 Å². The average molecular weight is 540 g/mol. The first-order chi connectivity index (χ1) is 18.8. The van der Waals surface area contributed by atoms with Crippen LogP contribution in [0.3, 0.4) is 0 Å². The van der Waals surface area contributed by atoms with E-state index in [1.54, 1.807) is 17.5 Å². The van der Waals surface area contributed by atoms with E-state index in [9.17, 15) is 9.59 Å². The number of carbonyl (C=O) groups is 2. The van der Waals surface area contributed by atoms with Crippen LogP contribution in [0.25, 0.3) is 28.3 Å². The number of hydrogen-bond acceptors (Lipinski definition) is 7. The summed E-state index contributed by atoms with van der Waals surface area (Å²) in [5.74, 6) is -2.22. The highest BCUT2D eigenvalue weighted by atomic mass is 19.1. The number of hydrogen-bond donors (Lipinski definition) is 1. The van der Waals surface area contributed by atoms with Crippen LogP contribution in [-0.4, -0.2) is 75.8 Å². The summed E-state index contributed by atoms with van der Waals surface area (Å²) >= 11 is 0. The number of pyridine rings is 1. The molecular weight excluding hydrogens is 512 g/mol. The highest BCUT2D eigenvalue weighted by Gasteiger charge is 2.29. The van der Waals surface area contributed by atoms with Crippen molar-refractivity contribution in [3.8, 4) is 22.6 Å². The van der Waals surface area contributed by atoms with Crippen LogP contribution in [0.5, 0.6) is 0 Å². The van der Waals surface area contributed by atoms with Gasteiger partial charge in [-0.25, -0.2) is 28.3 Å². The van der Waals surface area contributed by atoms with Crippen LogP contribution in [0.4, 0.5) is 13.6 Å². The lowest BCUT2D eigenvalue weighted by Gasteiger charge is -2.32. The number of amides is 1. The summed E-state index contributed by atoms with van der Waals surface area (Å²) in [5.41, 5.74) is 1.95. The van der Waals surface area contributed by atoms with Gasteiger partial charge in [0.15, 0.2) is 5.69 Å². The third kappa shape index (κ3) is 5.19. The zero-order valence-electron chi connectivity index (χ0n) is 21.7. The second kappa shape index (κ2) is 10.8. The van der Waals surface area contributed by atoms with Gasteiger partial charge in [-0.2, -0.15) is 0 Å². The number of morpholine rings is 1. The third-order valence-corrected chi connectivity index (χ3v) is 6.49. The summed E-state index contributed by atoms with van der Waals surface area (Å²) in [6.45, 7) is 4.69. The van der Waals surface area contributed by atoms with Gasteiger partial charge in [0, 0.05) is 30.9 Å². The molecule has 1 N–H and O–H groups in total. The number of nitrogens with zero attached hydrogens (tertiary/aromatic N) is 4. The van der Waals surface area contributed by atoms with Gasteiger partial charge in [-0.3, -0.25) is 0 Å². The molecule has 1 fully saturated rings. The van der Waals surface area contributed by atoms with Gasteiger partial charge in [0.2, 0.25) is 0 Å². The minimum absolute atomic E-state index is 0.00299. The van der Waals surface area contributed by atoms with Crippen molar-refractivity contribution >= 4 is 17.7 Å². The second-order valence-corrected chi connectivity index (χ2v) is 9.12. The first-order valence-corrected chi connectivity index (χ1v) is 12.4. The number of halogens is 2. The quantitative estimate of drug-likeness (QED) is 0.366. The molecule has 0 spiro atoms. The van der Waals surface area contributed by atoms with E-state index < -0.39 is 29.8 Å². The molecule has 10 nitrogen and oxygen atoms in total. The number of esters is 1. The number of methoxy groups -OCH3 is 1. The molecule has 12 heteroatoms. The van der Waals surface area contributed by atoms with Crippen LogP contribution in [0.15, 0.2) is 36.7 Å². The molecule has 0 bridgehead atoms. The molecule has 1 aromatic carbocycles. The van der Waals surface area contributed by atoms with Crippen LogP contribution in [0, 0.1) is 18.6 Å². The Labute approximate surface area is 222 Å². The molecule has 4 heterocycles. The van der Waals surface area contributed by atoms with Crippen molar-refractivity contribution in [2.75, 3.05) is 33.4 Å².